The lowest BCUT2D eigenvalue weighted by molar-refractivity contribution is 0.281. The number of piperidine rings is 1. The number of aromatic nitrogens is 1. The van der Waals surface area contributed by atoms with Gasteiger partial charge in [-0.25, -0.2) is 4.98 Å². The van der Waals surface area contributed by atoms with Crippen molar-refractivity contribution < 1.29 is 5.11 Å². The molecule has 2 heterocycles. The highest BCUT2D eigenvalue weighted by Gasteiger charge is 2.22. The van der Waals surface area contributed by atoms with E-state index in [-0.39, 0.29) is 6.61 Å². The van der Waals surface area contributed by atoms with Crippen LogP contribution in [-0.4, -0.2) is 23.2 Å². The maximum atomic E-state index is 9.25. The van der Waals surface area contributed by atoms with Crippen LogP contribution < -0.4 is 4.90 Å². The second-order valence-corrected chi connectivity index (χ2v) is 5.70. The van der Waals surface area contributed by atoms with Crippen LogP contribution in [-0.2, 0) is 6.61 Å². The second kappa shape index (κ2) is 5.70. The highest BCUT2D eigenvalue weighted by Crippen LogP contribution is 2.27. The van der Waals surface area contributed by atoms with Crippen LogP contribution in [0.4, 0.5) is 5.82 Å². The first-order chi connectivity index (χ1) is 8.60. The predicted molar refractivity (Wildman–Crippen MR) is 74.7 cm³/mol. The summed E-state index contributed by atoms with van der Waals surface area (Å²) in [6.45, 7) is 8.89. The van der Waals surface area contributed by atoms with Gasteiger partial charge in [-0.1, -0.05) is 13.8 Å². The van der Waals surface area contributed by atoms with Crippen LogP contribution in [0.2, 0.25) is 0 Å². The Kier molecular flexibility index (Phi) is 4.23. The SMILES string of the molecule is Cc1cc(CO)cc(N2CCC(C(C)C)CC2)n1. The molecule has 0 radical (unpaired) electrons. The summed E-state index contributed by atoms with van der Waals surface area (Å²) in [6, 6.07) is 3.97. The van der Waals surface area contributed by atoms with Crippen LogP contribution in [0.5, 0.6) is 0 Å². The highest BCUT2D eigenvalue weighted by atomic mass is 16.3. The Balaban J connectivity index is 2.07. The van der Waals surface area contributed by atoms with Crippen molar-refractivity contribution in [2.45, 2.75) is 40.2 Å². The van der Waals surface area contributed by atoms with Crippen molar-refractivity contribution in [2.24, 2.45) is 11.8 Å². The van der Waals surface area contributed by atoms with Gasteiger partial charge in [0.25, 0.3) is 0 Å². The van der Waals surface area contributed by atoms with Crippen LogP contribution in [0, 0.1) is 18.8 Å². The molecule has 3 heteroatoms. The number of hydrogen-bond donors (Lipinski definition) is 1. The number of rotatable bonds is 3. The Morgan fingerprint density at radius 2 is 2.00 bits per heavy atom. The van der Waals surface area contributed by atoms with Crippen molar-refractivity contribution in [3.8, 4) is 0 Å². The fourth-order valence-corrected chi connectivity index (χ4v) is 2.77. The van der Waals surface area contributed by atoms with Crippen LogP contribution >= 0.6 is 0 Å². The number of nitrogens with zero attached hydrogens (tertiary/aromatic N) is 2. The van der Waals surface area contributed by atoms with Crippen molar-refractivity contribution in [1.82, 2.24) is 4.98 Å². The summed E-state index contributed by atoms with van der Waals surface area (Å²) in [5, 5.41) is 9.25. The number of aryl methyl sites for hydroxylation is 1. The molecule has 0 unspecified atom stereocenters. The molecule has 0 atom stereocenters. The van der Waals surface area contributed by atoms with E-state index in [2.05, 4.69) is 23.7 Å². The predicted octanol–water partition coefficient (Wildman–Crippen LogP) is 2.75. The van der Waals surface area contributed by atoms with Crippen LogP contribution in [0.1, 0.15) is 37.9 Å². The quantitative estimate of drug-likeness (QED) is 0.893. The minimum Gasteiger partial charge on any atom is -0.392 e. The van der Waals surface area contributed by atoms with Crippen LogP contribution in [0.25, 0.3) is 0 Å². The topological polar surface area (TPSA) is 36.4 Å². The summed E-state index contributed by atoms with van der Waals surface area (Å²) in [6.07, 6.45) is 2.50. The summed E-state index contributed by atoms with van der Waals surface area (Å²) < 4.78 is 0. The van der Waals surface area contributed by atoms with E-state index in [0.717, 1.165) is 42.0 Å². The number of aliphatic hydroxyl groups is 1. The van der Waals surface area contributed by atoms with Gasteiger partial charge in [0.1, 0.15) is 5.82 Å². The third kappa shape index (κ3) is 3.02. The third-order valence-electron chi connectivity index (χ3n) is 3.99. The van der Waals surface area contributed by atoms with Gasteiger partial charge >= 0.3 is 0 Å². The van der Waals surface area contributed by atoms with E-state index in [4.69, 9.17) is 0 Å². The van der Waals surface area contributed by atoms with Gasteiger partial charge in [0.2, 0.25) is 0 Å². The van der Waals surface area contributed by atoms with E-state index in [1.165, 1.54) is 12.8 Å². The molecule has 18 heavy (non-hydrogen) atoms. The Bertz CT molecular complexity index is 395. The van der Waals surface area contributed by atoms with Gasteiger partial charge in [0.15, 0.2) is 0 Å². The maximum Gasteiger partial charge on any atom is 0.129 e. The van der Waals surface area contributed by atoms with Crippen molar-refractivity contribution in [3.05, 3.63) is 23.4 Å². The molecule has 0 saturated carbocycles. The molecule has 2 rings (SSSR count). The molecule has 1 fully saturated rings. The van der Waals surface area contributed by atoms with Crippen molar-refractivity contribution in [3.63, 3.8) is 0 Å². The molecule has 0 aliphatic carbocycles. The summed E-state index contributed by atoms with van der Waals surface area (Å²) in [7, 11) is 0. The molecule has 0 spiro atoms. The molecule has 1 aliphatic heterocycles. The molecule has 1 aromatic heterocycles. The average Bonchev–Trinajstić information content (AvgIpc) is 2.38. The molecule has 0 aromatic carbocycles. The molecule has 0 amide bonds. The fraction of sp³-hybridized carbons (Fsp3) is 0.667. The normalized spacial score (nSPS) is 17.5. The van der Waals surface area contributed by atoms with E-state index in [1.54, 1.807) is 0 Å². The van der Waals surface area contributed by atoms with Gasteiger partial charge in [-0.2, -0.15) is 0 Å². The molecule has 1 aromatic rings. The Morgan fingerprint density at radius 1 is 1.33 bits per heavy atom. The van der Waals surface area contributed by atoms with E-state index in [0.29, 0.717) is 0 Å². The van der Waals surface area contributed by atoms with Gasteiger partial charge in [-0.3, -0.25) is 0 Å². The summed E-state index contributed by atoms with van der Waals surface area (Å²) >= 11 is 0. The van der Waals surface area contributed by atoms with E-state index in [1.807, 2.05) is 19.1 Å². The van der Waals surface area contributed by atoms with E-state index < -0.39 is 0 Å². The van der Waals surface area contributed by atoms with Gasteiger partial charge in [-0.15, -0.1) is 0 Å². The minimum absolute atomic E-state index is 0.0961. The molecular formula is C15H24N2O. The van der Waals surface area contributed by atoms with Crippen LogP contribution in [0.3, 0.4) is 0 Å². The van der Waals surface area contributed by atoms with Crippen molar-refractivity contribution >= 4 is 5.82 Å². The van der Waals surface area contributed by atoms with Crippen molar-refractivity contribution in [2.75, 3.05) is 18.0 Å². The fourth-order valence-electron chi connectivity index (χ4n) is 2.77. The first-order valence-electron chi connectivity index (χ1n) is 6.93. The smallest absolute Gasteiger partial charge is 0.129 e. The first kappa shape index (κ1) is 13.3. The van der Waals surface area contributed by atoms with E-state index in [9.17, 15) is 5.11 Å². The lowest BCUT2D eigenvalue weighted by Crippen LogP contribution is -2.35. The number of aliphatic hydroxyl groups excluding tert-OH is 1. The van der Waals surface area contributed by atoms with Gasteiger partial charge in [-0.05, 0) is 49.3 Å². The second-order valence-electron chi connectivity index (χ2n) is 5.70. The Morgan fingerprint density at radius 3 is 2.56 bits per heavy atom. The average molecular weight is 248 g/mol. The Hall–Kier alpha value is -1.09. The maximum absolute atomic E-state index is 9.25. The highest BCUT2D eigenvalue weighted by molar-refractivity contribution is 5.42. The summed E-state index contributed by atoms with van der Waals surface area (Å²) in [5.74, 6) is 2.66. The van der Waals surface area contributed by atoms with Crippen molar-refractivity contribution in [1.29, 1.82) is 0 Å². The van der Waals surface area contributed by atoms with Crippen LogP contribution in [0.15, 0.2) is 12.1 Å². The summed E-state index contributed by atoms with van der Waals surface area (Å²) in [5.41, 5.74) is 1.95. The van der Waals surface area contributed by atoms with Gasteiger partial charge in [0.05, 0.1) is 6.61 Å². The zero-order valence-corrected chi connectivity index (χ0v) is 11.7. The molecule has 3 nitrogen and oxygen atoms in total. The van der Waals surface area contributed by atoms with E-state index >= 15 is 0 Å². The number of pyridine rings is 1. The first-order valence-corrected chi connectivity index (χ1v) is 6.93. The molecule has 1 N–H and O–H groups in total. The lowest BCUT2D eigenvalue weighted by atomic mass is 9.87. The largest absolute Gasteiger partial charge is 0.392 e. The number of hydrogen-bond acceptors (Lipinski definition) is 3. The monoisotopic (exact) mass is 248 g/mol. The zero-order chi connectivity index (χ0) is 13.1. The van der Waals surface area contributed by atoms with Gasteiger partial charge < -0.3 is 10.0 Å². The zero-order valence-electron chi connectivity index (χ0n) is 11.7. The molecule has 1 aliphatic rings. The standard InChI is InChI=1S/C15H24N2O/c1-11(2)14-4-6-17(7-5-14)15-9-13(10-18)8-12(3)16-15/h8-9,11,14,18H,4-7,10H2,1-3H3. The Labute approximate surface area is 110 Å². The van der Waals surface area contributed by atoms with Gasteiger partial charge in [0, 0.05) is 18.8 Å². The lowest BCUT2D eigenvalue weighted by Gasteiger charge is -2.34. The molecule has 100 valence electrons. The summed E-state index contributed by atoms with van der Waals surface area (Å²) in [4.78, 5) is 6.94. The molecule has 0 bridgehead atoms. The number of anilines is 1. The minimum atomic E-state index is 0.0961. The third-order valence-corrected chi connectivity index (χ3v) is 3.99. The molecule has 1 saturated heterocycles. The molecular weight excluding hydrogens is 224 g/mol.